The van der Waals surface area contributed by atoms with E-state index in [0.29, 0.717) is 29.9 Å². The van der Waals surface area contributed by atoms with E-state index >= 15 is 0 Å². The Labute approximate surface area is 180 Å². The Balaban J connectivity index is 1.51. The van der Waals surface area contributed by atoms with Crippen molar-refractivity contribution in [3.8, 4) is 22.4 Å². The molecule has 1 saturated carbocycles. The van der Waals surface area contributed by atoms with Crippen LogP contribution in [0.25, 0.3) is 22.4 Å². The molecule has 0 radical (unpaired) electrons. The van der Waals surface area contributed by atoms with Crippen LogP contribution in [-0.4, -0.2) is 41.8 Å². The molecule has 0 spiro atoms. The number of piperidine rings is 1. The molecule has 2 heterocycles. The Morgan fingerprint density at radius 3 is 2.55 bits per heavy atom. The number of halogens is 1. The minimum Gasteiger partial charge on any atom is -0.382 e. The third kappa shape index (κ3) is 3.12. The smallest absolute Gasteiger partial charge is 0.243 e. The first-order valence-electron chi connectivity index (χ1n) is 9.94. The molecule has 1 aliphatic carbocycles. The summed E-state index contributed by atoms with van der Waals surface area (Å²) in [5.41, 5.74) is 13.0. The Morgan fingerprint density at radius 2 is 1.90 bits per heavy atom. The molecule has 3 unspecified atom stereocenters. The quantitative estimate of drug-likeness (QED) is 0.645. The minimum atomic E-state index is -3.74. The van der Waals surface area contributed by atoms with Gasteiger partial charge in [-0.05, 0) is 29.7 Å². The lowest BCUT2D eigenvalue weighted by atomic mass is 10.0. The zero-order valence-electron chi connectivity index (χ0n) is 16.9. The molecule has 5 rings (SSSR count). The van der Waals surface area contributed by atoms with Gasteiger partial charge in [0.25, 0.3) is 0 Å². The number of rotatable bonds is 4. The number of hydrogen-bond acceptors (Lipinski definition) is 6. The summed E-state index contributed by atoms with van der Waals surface area (Å²) in [7, 11) is -3.74. The Morgan fingerprint density at radius 1 is 1.13 bits per heavy atom. The average Bonchev–Trinajstić information content (AvgIpc) is 3.07. The van der Waals surface area contributed by atoms with Gasteiger partial charge >= 0.3 is 0 Å². The van der Waals surface area contributed by atoms with Gasteiger partial charge in [-0.3, -0.25) is 4.98 Å². The molecule has 1 aliphatic heterocycles. The summed E-state index contributed by atoms with van der Waals surface area (Å²) in [6.07, 6.45) is 2.76. The van der Waals surface area contributed by atoms with Crippen LogP contribution in [0.1, 0.15) is 6.92 Å². The molecule has 2 aliphatic rings. The topological polar surface area (TPSA) is 115 Å². The van der Waals surface area contributed by atoms with Gasteiger partial charge in [-0.25, -0.2) is 17.8 Å². The van der Waals surface area contributed by atoms with Gasteiger partial charge < -0.3 is 11.5 Å². The van der Waals surface area contributed by atoms with Crippen LogP contribution >= 0.6 is 0 Å². The van der Waals surface area contributed by atoms with E-state index in [0.717, 1.165) is 0 Å². The fourth-order valence-corrected chi connectivity index (χ4v) is 6.33. The molecule has 7 nitrogen and oxygen atoms in total. The van der Waals surface area contributed by atoms with Gasteiger partial charge in [0.15, 0.2) is 0 Å². The Hall–Kier alpha value is -2.88. The van der Waals surface area contributed by atoms with Gasteiger partial charge in [0, 0.05) is 35.7 Å². The number of fused-ring (bicyclic) bond motifs is 1. The van der Waals surface area contributed by atoms with E-state index in [-0.39, 0.29) is 33.7 Å². The SMILES string of the molecule is CC12CN(S(=O)(=O)c3ccccc3-c3ccc(-c4cnc(N)cn4)c(F)c3)CC1C2N. The van der Waals surface area contributed by atoms with Crippen molar-refractivity contribution < 1.29 is 12.8 Å². The van der Waals surface area contributed by atoms with Crippen LogP contribution in [0, 0.1) is 17.2 Å². The van der Waals surface area contributed by atoms with Crippen LogP contribution in [0.4, 0.5) is 10.2 Å². The molecule has 9 heteroatoms. The summed E-state index contributed by atoms with van der Waals surface area (Å²) in [5.74, 6) is -0.0915. The summed E-state index contributed by atoms with van der Waals surface area (Å²) in [4.78, 5) is 8.21. The summed E-state index contributed by atoms with van der Waals surface area (Å²) < 4.78 is 43.2. The second-order valence-corrected chi connectivity index (χ2v) is 10.4. The van der Waals surface area contributed by atoms with Gasteiger partial charge in [0.2, 0.25) is 10.0 Å². The molecule has 2 aromatic carbocycles. The number of aromatic nitrogens is 2. The van der Waals surface area contributed by atoms with Gasteiger partial charge in [-0.15, -0.1) is 0 Å². The highest BCUT2D eigenvalue weighted by Crippen LogP contribution is 2.57. The lowest BCUT2D eigenvalue weighted by Gasteiger charge is -2.22. The van der Waals surface area contributed by atoms with Crippen molar-refractivity contribution in [3.63, 3.8) is 0 Å². The summed E-state index contributed by atoms with van der Waals surface area (Å²) in [5, 5.41) is 0. The van der Waals surface area contributed by atoms with Crippen LogP contribution in [-0.2, 0) is 10.0 Å². The first-order chi connectivity index (χ1) is 14.7. The van der Waals surface area contributed by atoms with Gasteiger partial charge in [0.05, 0.1) is 23.0 Å². The molecule has 1 saturated heterocycles. The lowest BCUT2D eigenvalue weighted by Crippen LogP contribution is -2.36. The lowest BCUT2D eigenvalue weighted by molar-refractivity contribution is 0.400. The predicted octanol–water partition coefficient (Wildman–Crippen LogP) is 2.50. The monoisotopic (exact) mass is 439 g/mol. The summed E-state index contributed by atoms with van der Waals surface area (Å²) in [6, 6.07) is 11.3. The zero-order valence-corrected chi connectivity index (χ0v) is 17.7. The average molecular weight is 440 g/mol. The molecule has 0 amide bonds. The second-order valence-electron chi connectivity index (χ2n) is 8.45. The largest absolute Gasteiger partial charge is 0.382 e. The molecular formula is C22H22FN5O2S. The van der Waals surface area contributed by atoms with Crippen molar-refractivity contribution in [2.24, 2.45) is 17.1 Å². The second kappa shape index (κ2) is 6.81. The van der Waals surface area contributed by atoms with Crippen molar-refractivity contribution in [2.75, 3.05) is 18.8 Å². The van der Waals surface area contributed by atoms with Crippen LogP contribution < -0.4 is 11.5 Å². The number of nitrogens with zero attached hydrogens (tertiary/aromatic N) is 3. The molecule has 1 aromatic heterocycles. The number of anilines is 1. The van der Waals surface area contributed by atoms with Crippen molar-refractivity contribution in [1.29, 1.82) is 0 Å². The van der Waals surface area contributed by atoms with Gasteiger partial charge in [-0.2, -0.15) is 4.31 Å². The first kappa shape index (κ1) is 20.0. The van der Waals surface area contributed by atoms with Crippen LogP contribution in [0.3, 0.4) is 0 Å². The van der Waals surface area contributed by atoms with Gasteiger partial charge in [0.1, 0.15) is 11.6 Å². The van der Waals surface area contributed by atoms with E-state index in [9.17, 15) is 12.8 Å². The number of sulfonamides is 1. The summed E-state index contributed by atoms with van der Waals surface area (Å²) in [6.45, 7) is 2.84. The minimum absolute atomic E-state index is 0.0484. The number of nitrogens with two attached hydrogens (primary N) is 2. The highest BCUT2D eigenvalue weighted by Gasteiger charge is 2.65. The summed E-state index contributed by atoms with van der Waals surface area (Å²) >= 11 is 0. The fourth-order valence-electron chi connectivity index (χ4n) is 4.53. The van der Waals surface area contributed by atoms with E-state index in [1.165, 1.54) is 22.8 Å². The third-order valence-electron chi connectivity index (χ3n) is 6.58. The Bertz CT molecular complexity index is 1280. The van der Waals surface area contributed by atoms with Crippen molar-refractivity contribution in [1.82, 2.24) is 14.3 Å². The van der Waals surface area contributed by atoms with Crippen molar-refractivity contribution >= 4 is 15.8 Å². The van der Waals surface area contributed by atoms with Crippen LogP contribution in [0.2, 0.25) is 0 Å². The van der Waals surface area contributed by atoms with E-state index in [2.05, 4.69) is 9.97 Å². The number of benzene rings is 2. The van der Waals surface area contributed by atoms with Crippen LogP contribution in [0.15, 0.2) is 59.8 Å². The van der Waals surface area contributed by atoms with E-state index < -0.39 is 15.8 Å². The molecule has 3 atom stereocenters. The van der Waals surface area contributed by atoms with E-state index in [1.54, 1.807) is 36.4 Å². The van der Waals surface area contributed by atoms with Crippen molar-refractivity contribution in [3.05, 3.63) is 60.7 Å². The van der Waals surface area contributed by atoms with Gasteiger partial charge in [-0.1, -0.05) is 31.2 Å². The number of hydrogen-bond donors (Lipinski definition) is 2. The maximum atomic E-state index is 14.9. The van der Waals surface area contributed by atoms with Crippen LogP contribution in [0.5, 0.6) is 0 Å². The van der Waals surface area contributed by atoms with Crippen molar-refractivity contribution in [2.45, 2.75) is 17.9 Å². The maximum absolute atomic E-state index is 14.9. The maximum Gasteiger partial charge on any atom is 0.243 e. The molecule has 31 heavy (non-hydrogen) atoms. The van der Waals surface area contributed by atoms with E-state index in [4.69, 9.17) is 11.5 Å². The molecular weight excluding hydrogens is 417 g/mol. The Kier molecular flexibility index (Phi) is 4.40. The standard InChI is InChI=1S/C22H22FN5O2S/c1-22-12-28(11-16(22)21(22)25)31(29,30)19-5-3-2-4-14(19)13-6-7-15(17(23)8-13)18-9-27-20(24)10-26-18/h2-10,16,21H,11-12,25H2,1H3,(H2,24,27). The zero-order chi connectivity index (χ0) is 22.0. The third-order valence-corrected chi connectivity index (χ3v) is 8.45. The molecule has 160 valence electrons. The molecule has 3 aromatic rings. The predicted molar refractivity (Wildman–Crippen MR) is 116 cm³/mol. The molecule has 4 N–H and O–H groups in total. The fraction of sp³-hybridized carbons (Fsp3) is 0.273. The highest BCUT2D eigenvalue weighted by molar-refractivity contribution is 7.89. The number of nitrogen functional groups attached to an aromatic ring is 1. The van der Waals surface area contributed by atoms with E-state index in [1.807, 2.05) is 6.92 Å². The molecule has 0 bridgehead atoms. The highest BCUT2D eigenvalue weighted by atomic mass is 32.2. The molecule has 2 fully saturated rings. The normalized spacial score (nSPS) is 25.4. The first-order valence-corrected chi connectivity index (χ1v) is 11.4.